The minimum absolute atomic E-state index is 1.23. The molecule has 134 valence electrons. The summed E-state index contributed by atoms with van der Waals surface area (Å²) >= 11 is 0. The number of nitrogens with zero attached hydrogens (tertiary/aromatic N) is 1. The lowest BCUT2D eigenvalue weighted by Crippen LogP contribution is -2.30. The van der Waals surface area contributed by atoms with Crippen molar-refractivity contribution in [2.75, 3.05) is 0 Å². The standard InChI is InChI=1S/C27H22N/c1-19-10-11-24(18-26(19)27-9-5-6-14-28(27)2)22-12-13-23-15-20-7-3-4-8-21(20)16-25(23)17-22/h3-18H,1-2H3/q+1. The van der Waals surface area contributed by atoms with Crippen LogP contribution in [-0.2, 0) is 7.05 Å². The van der Waals surface area contributed by atoms with E-state index in [0.717, 1.165) is 0 Å². The average Bonchev–Trinajstić information content (AvgIpc) is 2.73. The van der Waals surface area contributed by atoms with Gasteiger partial charge in [0.1, 0.15) is 7.05 Å². The minimum Gasteiger partial charge on any atom is -0.201 e. The lowest BCUT2D eigenvalue weighted by Gasteiger charge is -2.10. The number of benzene rings is 4. The molecule has 0 aliphatic carbocycles. The monoisotopic (exact) mass is 360 g/mol. The summed E-state index contributed by atoms with van der Waals surface area (Å²) in [7, 11) is 2.10. The third kappa shape index (κ3) is 2.86. The average molecular weight is 360 g/mol. The van der Waals surface area contributed by atoms with Gasteiger partial charge in [0.05, 0.1) is 0 Å². The van der Waals surface area contributed by atoms with E-state index in [-0.39, 0.29) is 0 Å². The quantitative estimate of drug-likeness (QED) is 0.251. The zero-order valence-corrected chi connectivity index (χ0v) is 16.2. The van der Waals surface area contributed by atoms with Crippen LogP contribution in [0.3, 0.4) is 0 Å². The second-order valence-electron chi connectivity index (χ2n) is 7.49. The maximum Gasteiger partial charge on any atom is 0.212 e. The van der Waals surface area contributed by atoms with Gasteiger partial charge in [-0.15, -0.1) is 0 Å². The molecule has 0 amide bonds. The Bertz CT molecular complexity index is 1330. The number of aryl methyl sites for hydroxylation is 2. The summed E-state index contributed by atoms with van der Waals surface area (Å²) in [6, 6.07) is 33.0. The summed E-state index contributed by atoms with van der Waals surface area (Å²) < 4.78 is 2.18. The zero-order chi connectivity index (χ0) is 19.1. The van der Waals surface area contributed by atoms with Crippen molar-refractivity contribution >= 4 is 21.5 Å². The number of pyridine rings is 1. The molecule has 1 nitrogen and oxygen atoms in total. The highest BCUT2D eigenvalue weighted by Crippen LogP contribution is 2.31. The molecule has 0 N–H and O–H groups in total. The number of fused-ring (bicyclic) bond motifs is 2. The fraction of sp³-hybridized carbons (Fsp3) is 0.0741. The Balaban J connectivity index is 1.66. The van der Waals surface area contributed by atoms with Crippen LogP contribution < -0.4 is 4.57 Å². The first-order chi connectivity index (χ1) is 13.7. The van der Waals surface area contributed by atoms with E-state index in [1.54, 1.807) is 0 Å². The Hall–Kier alpha value is -3.45. The molecule has 28 heavy (non-hydrogen) atoms. The molecular weight excluding hydrogens is 338 g/mol. The van der Waals surface area contributed by atoms with Gasteiger partial charge in [0.25, 0.3) is 0 Å². The normalized spacial score (nSPS) is 11.2. The van der Waals surface area contributed by atoms with Crippen molar-refractivity contribution in [3.63, 3.8) is 0 Å². The molecule has 0 aliphatic rings. The highest BCUT2D eigenvalue weighted by molar-refractivity contribution is 5.99. The van der Waals surface area contributed by atoms with Gasteiger partial charge in [-0.05, 0) is 75.5 Å². The Morgan fingerprint density at radius 1 is 0.571 bits per heavy atom. The molecule has 0 unspecified atom stereocenters. The van der Waals surface area contributed by atoms with E-state index in [1.165, 1.54) is 49.5 Å². The van der Waals surface area contributed by atoms with Crippen LogP contribution in [0, 0.1) is 6.92 Å². The molecule has 5 aromatic rings. The maximum atomic E-state index is 2.31. The van der Waals surface area contributed by atoms with Crippen LogP contribution >= 0.6 is 0 Å². The molecule has 0 bridgehead atoms. The number of hydrogen-bond donors (Lipinski definition) is 0. The predicted octanol–water partition coefficient (Wildman–Crippen LogP) is 6.46. The van der Waals surface area contributed by atoms with Crippen molar-refractivity contribution in [1.82, 2.24) is 0 Å². The molecule has 1 heteroatoms. The number of aromatic nitrogens is 1. The van der Waals surface area contributed by atoms with Gasteiger partial charge < -0.3 is 0 Å². The lowest BCUT2D eigenvalue weighted by atomic mass is 9.95. The Labute approximate surface area is 165 Å². The van der Waals surface area contributed by atoms with Crippen LogP contribution in [0.4, 0.5) is 0 Å². The van der Waals surface area contributed by atoms with E-state index >= 15 is 0 Å². The lowest BCUT2D eigenvalue weighted by molar-refractivity contribution is -0.660. The summed E-state index contributed by atoms with van der Waals surface area (Å²) in [5.74, 6) is 0. The van der Waals surface area contributed by atoms with Crippen molar-refractivity contribution in [2.24, 2.45) is 7.05 Å². The second-order valence-corrected chi connectivity index (χ2v) is 7.49. The van der Waals surface area contributed by atoms with Gasteiger partial charge in [0.15, 0.2) is 6.20 Å². The van der Waals surface area contributed by atoms with E-state index < -0.39 is 0 Å². The molecule has 0 aliphatic heterocycles. The number of hydrogen-bond acceptors (Lipinski definition) is 0. The molecule has 5 rings (SSSR count). The third-order valence-electron chi connectivity index (χ3n) is 5.61. The van der Waals surface area contributed by atoms with Gasteiger partial charge in [0.2, 0.25) is 5.69 Å². The fourth-order valence-electron chi connectivity index (χ4n) is 4.00. The van der Waals surface area contributed by atoms with Gasteiger partial charge in [-0.25, -0.2) is 4.57 Å². The molecule has 0 atom stereocenters. The van der Waals surface area contributed by atoms with Crippen molar-refractivity contribution in [1.29, 1.82) is 0 Å². The second kappa shape index (κ2) is 6.61. The van der Waals surface area contributed by atoms with Crippen LogP contribution in [0.5, 0.6) is 0 Å². The van der Waals surface area contributed by atoms with Gasteiger partial charge in [-0.2, -0.15) is 0 Å². The third-order valence-corrected chi connectivity index (χ3v) is 5.61. The summed E-state index contributed by atoms with van der Waals surface area (Å²) in [4.78, 5) is 0. The van der Waals surface area contributed by atoms with E-state index in [4.69, 9.17) is 0 Å². The van der Waals surface area contributed by atoms with E-state index in [1.807, 2.05) is 0 Å². The van der Waals surface area contributed by atoms with Gasteiger partial charge in [-0.1, -0.05) is 48.5 Å². The smallest absolute Gasteiger partial charge is 0.201 e. The van der Waals surface area contributed by atoms with Crippen LogP contribution in [0.15, 0.2) is 97.2 Å². The molecule has 1 heterocycles. The first kappa shape index (κ1) is 16.7. The first-order valence-corrected chi connectivity index (χ1v) is 9.68. The molecule has 0 radical (unpaired) electrons. The molecular formula is C27H22N+. The predicted molar refractivity (Wildman–Crippen MR) is 118 cm³/mol. The number of rotatable bonds is 2. The van der Waals surface area contributed by atoms with Crippen molar-refractivity contribution < 1.29 is 4.57 Å². The zero-order valence-electron chi connectivity index (χ0n) is 16.2. The maximum absolute atomic E-state index is 2.31. The van der Waals surface area contributed by atoms with Crippen molar-refractivity contribution in [2.45, 2.75) is 6.92 Å². The highest BCUT2D eigenvalue weighted by atomic mass is 14.9. The van der Waals surface area contributed by atoms with Crippen LogP contribution in [0.2, 0.25) is 0 Å². The first-order valence-electron chi connectivity index (χ1n) is 9.68. The SMILES string of the molecule is Cc1ccc(-c2ccc3cc4ccccc4cc3c2)cc1-c1cccc[n+]1C. The van der Waals surface area contributed by atoms with Gasteiger partial charge in [-0.3, -0.25) is 0 Å². The summed E-state index contributed by atoms with van der Waals surface area (Å²) in [5.41, 5.74) is 6.30. The van der Waals surface area contributed by atoms with Gasteiger partial charge in [0, 0.05) is 17.7 Å². The summed E-state index contributed by atoms with van der Waals surface area (Å²) in [6.45, 7) is 2.18. The Morgan fingerprint density at radius 2 is 1.21 bits per heavy atom. The minimum atomic E-state index is 1.23. The summed E-state index contributed by atoms with van der Waals surface area (Å²) in [6.07, 6.45) is 2.10. The largest absolute Gasteiger partial charge is 0.212 e. The molecule has 0 spiro atoms. The van der Waals surface area contributed by atoms with Crippen molar-refractivity contribution in [3.8, 4) is 22.4 Å². The highest BCUT2D eigenvalue weighted by Gasteiger charge is 2.13. The molecule has 0 saturated heterocycles. The van der Waals surface area contributed by atoms with Gasteiger partial charge >= 0.3 is 0 Å². The van der Waals surface area contributed by atoms with Crippen LogP contribution in [-0.4, -0.2) is 0 Å². The molecule has 1 aromatic heterocycles. The van der Waals surface area contributed by atoms with Crippen molar-refractivity contribution in [3.05, 3.63) is 103 Å². The van der Waals surface area contributed by atoms with E-state index in [2.05, 4.69) is 116 Å². The van der Waals surface area contributed by atoms with E-state index in [0.29, 0.717) is 0 Å². The van der Waals surface area contributed by atoms with E-state index in [9.17, 15) is 0 Å². The topological polar surface area (TPSA) is 3.88 Å². The molecule has 0 fully saturated rings. The van der Waals surface area contributed by atoms with Crippen LogP contribution in [0.1, 0.15) is 5.56 Å². The fourth-order valence-corrected chi connectivity index (χ4v) is 4.00. The Morgan fingerprint density at radius 3 is 2.00 bits per heavy atom. The Kier molecular flexibility index (Phi) is 3.95. The molecule has 0 saturated carbocycles. The summed E-state index contributed by atoms with van der Waals surface area (Å²) in [5, 5.41) is 5.14. The van der Waals surface area contributed by atoms with Crippen LogP contribution in [0.25, 0.3) is 43.9 Å². The molecule has 4 aromatic carbocycles.